The number of hydrogen-bond donors (Lipinski definition) is 0. The van der Waals surface area contributed by atoms with Crippen LogP contribution in [-0.4, -0.2) is 9.97 Å². The number of pyridine rings is 2. The lowest BCUT2D eigenvalue weighted by Crippen LogP contribution is -1.80. The van der Waals surface area contributed by atoms with Crippen LogP contribution in [0, 0.1) is 6.92 Å². The minimum atomic E-state index is 1.02. The molecule has 68 valence electrons. The zero-order valence-electron chi connectivity index (χ0n) is 7.69. The van der Waals surface area contributed by atoms with Gasteiger partial charge in [0, 0.05) is 11.9 Å². The highest BCUT2D eigenvalue weighted by atomic mass is 32.1. The van der Waals surface area contributed by atoms with Crippen LogP contribution in [0.1, 0.15) is 5.69 Å². The summed E-state index contributed by atoms with van der Waals surface area (Å²) in [4.78, 5) is 8.87. The quantitative estimate of drug-likeness (QED) is 0.557. The van der Waals surface area contributed by atoms with Crippen LogP contribution in [-0.2, 0) is 0 Å². The van der Waals surface area contributed by atoms with Gasteiger partial charge in [-0.3, -0.25) is 4.98 Å². The normalized spacial score (nSPS) is 11.2. The molecule has 2 nitrogen and oxygen atoms in total. The van der Waals surface area contributed by atoms with Gasteiger partial charge in [0.25, 0.3) is 0 Å². The van der Waals surface area contributed by atoms with E-state index in [1.807, 2.05) is 25.3 Å². The van der Waals surface area contributed by atoms with E-state index in [1.54, 1.807) is 11.3 Å². The third-order valence-electron chi connectivity index (χ3n) is 2.21. The third-order valence-corrected chi connectivity index (χ3v) is 3.31. The Morgan fingerprint density at radius 3 is 2.86 bits per heavy atom. The average molecular weight is 200 g/mol. The molecule has 0 aromatic carbocycles. The molecule has 0 aliphatic heterocycles. The van der Waals surface area contributed by atoms with Crippen molar-refractivity contribution in [2.24, 2.45) is 0 Å². The molecule has 0 fully saturated rings. The van der Waals surface area contributed by atoms with Gasteiger partial charge in [-0.25, -0.2) is 4.98 Å². The van der Waals surface area contributed by atoms with Crippen LogP contribution in [0.15, 0.2) is 30.5 Å². The summed E-state index contributed by atoms with van der Waals surface area (Å²) in [6.07, 6.45) is 1.82. The minimum absolute atomic E-state index is 1.02. The molecule has 3 aromatic heterocycles. The van der Waals surface area contributed by atoms with E-state index >= 15 is 0 Å². The smallest absolute Gasteiger partial charge is 0.108 e. The molecule has 0 aliphatic carbocycles. The summed E-state index contributed by atoms with van der Waals surface area (Å²) in [5.41, 5.74) is 3.10. The Labute approximate surface area is 85.2 Å². The van der Waals surface area contributed by atoms with Gasteiger partial charge in [0.15, 0.2) is 0 Å². The van der Waals surface area contributed by atoms with Gasteiger partial charge >= 0.3 is 0 Å². The first-order valence-corrected chi connectivity index (χ1v) is 5.27. The topological polar surface area (TPSA) is 25.8 Å². The van der Waals surface area contributed by atoms with Crippen molar-refractivity contribution in [1.29, 1.82) is 0 Å². The van der Waals surface area contributed by atoms with Crippen LogP contribution in [0.2, 0.25) is 0 Å². The molecule has 0 radical (unpaired) electrons. The van der Waals surface area contributed by atoms with E-state index in [-0.39, 0.29) is 0 Å². The number of thiophene rings is 1. The van der Waals surface area contributed by atoms with Crippen LogP contribution < -0.4 is 0 Å². The van der Waals surface area contributed by atoms with E-state index in [4.69, 9.17) is 0 Å². The molecule has 0 atom stereocenters. The van der Waals surface area contributed by atoms with Crippen LogP contribution in [0.4, 0.5) is 0 Å². The summed E-state index contributed by atoms with van der Waals surface area (Å²) in [7, 11) is 0. The Kier molecular flexibility index (Phi) is 1.55. The van der Waals surface area contributed by atoms with Crippen LogP contribution >= 0.6 is 11.3 Å². The molecule has 3 heterocycles. The Hall–Kier alpha value is -1.48. The Morgan fingerprint density at radius 2 is 1.93 bits per heavy atom. The first-order valence-electron chi connectivity index (χ1n) is 4.45. The molecule has 14 heavy (non-hydrogen) atoms. The summed E-state index contributed by atoms with van der Waals surface area (Å²) in [5, 5.41) is 0. The molecule has 0 saturated heterocycles. The molecule has 3 aromatic rings. The number of rotatable bonds is 0. The fourth-order valence-corrected chi connectivity index (χ4v) is 2.57. The maximum atomic E-state index is 4.51. The zero-order chi connectivity index (χ0) is 9.54. The van der Waals surface area contributed by atoms with Crippen LogP contribution in [0.25, 0.3) is 20.4 Å². The first kappa shape index (κ1) is 7.88. The zero-order valence-corrected chi connectivity index (χ0v) is 8.51. The van der Waals surface area contributed by atoms with Gasteiger partial charge in [0.05, 0.1) is 9.40 Å². The van der Waals surface area contributed by atoms with Crippen molar-refractivity contribution in [3.05, 3.63) is 36.2 Å². The third kappa shape index (κ3) is 1.02. The van der Waals surface area contributed by atoms with Crippen LogP contribution in [0.5, 0.6) is 0 Å². The van der Waals surface area contributed by atoms with Crippen molar-refractivity contribution in [3.8, 4) is 0 Å². The monoisotopic (exact) mass is 200 g/mol. The average Bonchev–Trinajstić information content (AvgIpc) is 2.56. The van der Waals surface area contributed by atoms with E-state index in [0.29, 0.717) is 0 Å². The van der Waals surface area contributed by atoms with Crippen molar-refractivity contribution in [2.75, 3.05) is 0 Å². The predicted molar refractivity (Wildman–Crippen MR) is 59.7 cm³/mol. The SMILES string of the molecule is Cc1ccc2sc3cccnc3c2n1. The van der Waals surface area contributed by atoms with E-state index in [0.717, 1.165) is 16.7 Å². The van der Waals surface area contributed by atoms with Crippen molar-refractivity contribution in [1.82, 2.24) is 9.97 Å². The van der Waals surface area contributed by atoms with Gasteiger partial charge in [-0.2, -0.15) is 0 Å². The second kappa shape index (κ2) is 2.75. The summed E-state index contributed by atoms with van der Waals surface area (Å²) < 4.78 is 2.42. The molecule has 0 amide bonds. The van der Waals surface area contributed by atoms with Gasteiger partial charge in [-0.05, 0) is 31.2 Å². The molecular weight excluding hydrogens is 192 g/mol. The highest BCUT2D eigenvalue weighted by Crippen LogP contribution is 2.30. The summed E-state index contributed by atoms with van der Waals surface area (Å²) >= 11 is 1.75. The molecule has 0 bridgehead atoms. The lowest BCUT2D eigenvalue weighted by molar-refractivity contribution is 1.26. The maximum absolute atomic E-state index is 4.51. The van der Waals surface area contributed by atoms with Crippen molar-refractivity contribution in [3.63, 3.8) is 0 Å². The second-order valence-corrected chi connectivity index (χ2v) is 4.34. The first-order chi connectivity index (χ1) is 6.84. The Balaban J connectivity index is 2.58. The molecule has 3 heteroatoms. The minimum Gasteiger partial charge on any atom is -0.253 e. The lowest BCUT2D eigenvalue weighted by atomic mass is 10.3. The van der Waals surface area contributed by atoms with E-state index in [9.17, 15) is 0 Å². The van der Waals surface area contributed by atoms with E-state index in [1.165, 1.54) is 9.40 Å². The van der Waals surface area contributed by atoms with Crippen molar-refractivity contribution in [2.45, 2.75) is 6.92 Å². The highest BCUT2D eigenvalue weighted by Gasteiger charge is 2.05. The standard InChI is InChI=1S/C11H8N2S/c1-7-4-5-9-11(13-7)10-8(14-9)3-2-6-12-10/h2-6H,1H3. The molecule has 3 rings (SSSR count). The number of nitrogens with zero attached hydrogens (tertiary/aromatic N) is 2. The van der Waals surface area contributed by atoms with Gasteiger partial charge < -0.3 is 0 Å². The number of aryl methyl sites for hydroxylation is 1. The lowest BCUT2D eigenvalue weighted by Gasteiger charge is -1.91. The predicted octanol–water partition coefficient (Wildman–Crippen LogP) is 3.15. The summed E-state index contributed by atoms with van der Waals surface area (Å²) in [6.45, 7) is 2.01. The highest BCUT2D eigenvalue weighted by molar-refractivity contribution is 7.25. The largest absolute Gasteiger partial charge is 0.253 e. The number of fused-ring (bicyclic) bond motifs is 3. The fraction of sp³-hybridized carbons (Fsp3) is 0.0909. The maximum Gasteiger partial charge on any atom is 0.108 e. The van der Waals surface area contributed by atoms with Gasteiger partial charge in [-0.1, -0.05) is 0 Å². The molecular formula is C11H8N2S. The molecule has 0 aliphatic rings. The van der Waals surface area contributed by atoms with Crippen molar-refractivity contribution < 1.29 is 0 Å². The molecule has 0 saturated carbocycles. The second-order valence-electron chi connectivity index (χ2n) is 3.25. The number of hydrogen-bond acceptors (Lipinski definition) is 3. The number of aromatic nitrogens is 2. The Morgan fingerprint density at radius 1 is 1.07 bits per heavy atom. The Bertz CT molecular complexity index is 613. The van der Waals surface area contributed by atoms with Gasteiger partial charge in [0.1, 0.15) is 11.0 Å². The summed E-state index contributed by atoms with van der Waals surface area (Å²) in [6, 6.07) is 8.20. The van der Waals surface area contributed by atoms with Crippen LogP contribution in [0.3, 0.4) is 0 Å². The van der Waals surface area contributed by atoms with Gasteiger partial charge in [-0.15, -0.1) is 11.3 Å². The van der Waals surface area contributed by atoms with Crippen molar-refractivity contribution >= 4 is 31.8 Å². The van der Waals surface area contributed by atoms with E-state index in [2.05, 4.69) is 22.1 Å². The molecule has 0 unspecified atom stereocenters. The summed E-state index contributed by atoms with van der Waals surface area (Å²) in [5.74, 6) is 0. The van der Waals surface area contributed by atoms with E-state index < -0.39 is 0 Å². The van der Waals surface area contributed by atoms with Gasteiger partial charge in [0.2, 0.25) is 0 Å². The molecule has 0 N–H and O–H groups in total. The molecule has 0 spiro atoms. The fourth-order valence-electron chi connectivity index (χ4n) is 1.57.